The zero-order valence-corrected chi connectivity index (χ0v) is 14.3. The van der Waals surface area contributed by atoms with Crippen LogP contribution in [0.5, 0.6) is 0 Å². The van der Waals surface area contributed by atoms with Crippen molar-refractivity contribution in [1.29, 1.82) is 0 Å². The summed E-state index contributed by atoms with van der Waals surface area (Å²) >= 11 is 4.99. The molecule has 0 saturated carbocycles. The minimum Gasteiger partial charge on any atom is -0.345 e. The molecule has 3 rings (SSSR count). The van der Waals surface area contributed by atoms with Gasteiger partial charge in [-0.25, -0.2) is 4.39 Å². The van der Waals surface area contributed by atoms with Crippen LogP contribution in [0.2, 0.25) is 0 Å². The molecule has 1 aromatic heterocycles. The van der Waals surface area contributed by atoms with E-state index in [2.05, 4.69) is 15.3 Å². The van der Waals surface area contributed by atoms with Crippen molar-refractivity contribution in [3.63, 3.8) is 0 Å². The van der Waals surface area contributed by atoms with Gasteiger partial charge in [0, 0.05) is 25.3 Å². The van der Waals surface area contributed by atoms with Crippen LogP contribution in [0, 0.1) is 10.6 Å². The van der Waals surface area contributed by atoms with Crippen LogP contribution in [0.1, 0.15) is 20.7 Å². The number of rotatable bonds is 3. The van der Waals surface area contributed by atoms with Crippen LogP contribution in [0.15, 0.2) is 36.4 Å². The first-order chi connectivity index (χ1) is 11.8. The van der Waals surface area contributed by atoms with Crippen LogP contribution in [0.3, 0.4) is 0 Å². The molecule has 8 heteroatoms. The standard InChI is InChI=1S/C17H15FN4O2S/c1-22(2)16(24)9-4-3-5-11(6-9)19-15(23)12-7-10(18)8-13-14(12)21-17(25)20-13/h3-8H,1-2H3,(H,19,23)(H2,20,21,25). The molecular formula is C17H15FN4O2S. The van der Waals surface area contributed by atoms with Crippen molar-refractivity contribution in [2.75, 3.05) is 19.4 Å². The molecule has 0 aliphatic heterocycles. The molecule has 0 aliphatic rings. The maximum atomic E-state index is 13.8. The minimum atomic E-state index is -0.556. The highest BCUT2D eigenvalue weighted by atomic mass is 32.1. The molecule has 0 unspecified atom stereocenters. The van der Waals surface area contributed by atoms with E-state index in [4.69, 9.17) is 12.2 Å². The molecule has 3 aromatic rings. The second-order valence-electron chi connectivity index (χ2n) is 5.69. The number of halogens is 1. The van der Waals surface area contributed by atoms with E-state index in [1.165, 1.54) is 11.0 Å². The monoisotopic (exact) mass is 358 g/mol. The number of amides is 2. The molecule has 0 radical (unpaired) electrons. The number of carbonyl (C=O) groups is 2. The van der Waals surface area contributed by atoms with Crippen LogP contribution < -0.4 is 5.32 Å². The van der Waals surface area contributed by atoms with Crippen molar-refractivity contribution in [3.05, 3.63) is 58.1 Å². The van der Waals surface area contributed by atoms with Crippen LogP contribution in [-0.2, 0) is 0 Å². The van der Waals surface area contributed by atoms with Gasteiger partial charge in [-0.3, -0.25) is 9.59 Å². The van der Waals surface area contributed by atoms with Crippen LogP contribution in [-0.4, -0.2) is 40.8 Å². The van der Waals surface area contributed by atoms with Crippen LogP contribution in [0.25, 0.3) is 11.0 Å². The van der Waals surface area contributed by atoms with Gasteiger partial charge in [-0.15, -0.1) is 0 Å². The Morgan fingerprint density at radius 2 is 1.92 bits per heavy atom. The summed E-state index contributed by atoms with van der Waals surface area (Å²) in [6, 6.07) is 8.93. The summed E-state index contributed by atoms with van der Waals surface area (Å²) in [5.74, 6) is -1.25. The molecule has 25 heavy (non-hydrogen) atoms. The number of aromatic amines is 2. The molecular weight excluding hydrogens is 343 g/mol. The number of fused-ring (bicyclic) bond motifs is 1. The Hall–Kier alpha value is -3.00. The van der Waals surface area contributed by atoms with E-state index in [1.54, 1.807) is 38.4 Å². The number of hydrogen-bond donors (Lipinski definition) is 3. The molecule has 0 aliphatic carbocycles. The van der Waals surface area contributed by atoms with Gasteiger partial charge in [0.1, 0.15) is 5.82 Å². The van der Waals surface area contributed by atoms with E-state index >= 15 is 0 Å². The molecule has 0 fully saturated rings. The largest absolute Gasteiger partial charge is 0.345 e. The van der Waals surface area contributed by atoms with Gasteiger partial charge in [0.25, 0.3) is 11.8 Å². The molecule has 0 atom stereocenters. The van der Waals surface area contributed by atoms with E-state index in [1.807, 2.05) is 0 Å². The number of nitrogens with zero attached hydrogens (tertiary/aromatic N) is 1. The summed E-state index contributed by atoms with van der Waals surface area (Å²) in [5, 5.41) is 2.68. The van der Waals surface area contributed by atoms with Gasteiger partial charge in [-0.1, -0.05) is 6.07 Å². The molecule has 2 aromatic carbocycles. The van der Waals surface area contributed by atoms with Crippen molar-refractivity contribution in [1.82, 2.24) is 14.9 Å². The lowest BCUT2D eigenvalue weighted by Crippen LogP contribution is -2.22. The average molecular weight is 358 g/mol. The lowest BCUT2D eigenvalue weighted by atomic mass is 10.1. The Bertz CT molecular complexity index is 1040. The first-order valence-corrected chi connectivity index (χ1v) is 7.80. The van der Waals surface area contributed by atoms with Gasteiger partial charge in [-0.05, 0) is 42.5 Å². The normalized spacial score (nSPS) is 10.7. The van der Waals surface area contributed by atoms with Gasteiger partial charge in [0.2, 0.25) is 0 Å². The number of hydrogen-bond acceptors (Lipinski definition) is 3. The molecule has 2 amide bonds. The fraction of sp³-hybridized carbons (Fsp3) is 0.118. The Morgan fingerprint density at radius 1 is 1.16 bits per heavy atom. The lowest BCUT2D eigenvalue weighted by molar-refractivity contribution is 0.0827. The first kappa shape index (κ1) is 16.8. The average Bonchev–Trinajstić information content (AvgIpc) is 2.93. The molecule has 0 spiro atoms. The van der Waals surface area contributed by atoms with Crippen LogP contribution in [0.4, 0.5) is 10.1 Å². The number of benzene rings is 2. The van der Waals surface area contributed by atoms with Gasteiger partial charge in [-0.2, -0.15) is 0 Å². The zero-order chi connectivity index (χ0) is 18.1. The summed E-state index contributed by atoms with van der Waals surface area (Å²) in [7, 11) is 3.29. The number of nitrogens with one attached hydrogen (secondary N) is 3. The third-order valence-electron chi connectivity index (χ3n) is 3.61. The first-order valence-electron chi connectivity index (χ1n) is 7.40. The predicted octanol–water partition coefficient (Wildman–Crippen LogP) is 3.32. The van der Waals surface area contributed by atoms with Crippen LogP contribution >= 0.6 is 12.2 Å². The number of H-pyrrole nitrogens is 2. The topological polar surface area (TPSA) is 81.0 Å². The smallest absolute Gasteiger partial charge is 0.257 e. The van der Waals surface area contributed by atoms with Crippen molar-refractivity contribution in [2.45, 2.75) is 0 Å². The highest BCUT2D eigenvalue weighted by Gasteiger charge is 2.15. The summed E-state index contributed by atoms with van der Waals surface area (Å²) in [6.45, 7) is 0. The predicted molar refractivity (Wildman–Crippen MR) is 95.9 cm³/mol. The zero-order valence-electron chi connectivity index (χ0n) is 13.5. The molecule has 128 valence electrons. The van der Waals surface area contributed by atoms with Gasteiger partial charge in [0.15, 0.2) is 4.77 Å². The van der Waals surface area contributed by atoms with Crippen molar-refractivity contribution < 1.29 is 14.0 Å². The Balaban J connectivity index is 1.94. The molecule has 0 bridgehead atoms. The Labute approximate surface area is 147 Å². The third kappa shape index (κ3) is 3.43. The summed E-state index contributed by atoms with van der Waals surface area (Å²) in [4.78, 5) is 31.6. The van der Waals surface area contributed by atoms with E-state index < -0.39 is 11.7 Å². The number of anilines is 1. The molecule has 0 saturated heterocycles. The number of aromatic nitrogens is 2. The maximum Gasteiger partial charge on any atom is 0.257 e. The highest BCUT2D eigenvalue weighted by Crippen LogP contribution is 2.20. The highest BCUT2D eigenvalue weighted by molar-refractivity contribution is 7.71. The van der Waals surface area contributed by atoms with E-state index in [9.17, 15) is 14.0 Å². The fourth-order valence-corrected chi connectivity index (χ4v) is 2.68. The van der Waals surface area contributed by atoms with E-state index in [-0.39, 0.29) is 11.5 Å². The summed E-state index contributed by atoms with van der Waals surface area (Å²) < 4.78 is 14.1. The second-order valence-corrected chi connectivity index (χ2v) is 6.10. The van der Waals surface area contributed by atoms with E-state index in [0.717, 1.165) is 6.07 Å². The fourth-order valence-electron chi connectivity index (χ4n) is 2.47. The third-order valence-corrected chi connectivity index (χ3v) is 3.81. The lowest BCUT2D eigenvalue weighted by Gasteiger charge is -2.12. The van der Waals surface area contributed by atoms with Crippen molar-refractivity contribution in [2.24, 2.45) is 0 Å². The minimum absolute atomic E-state index is 0.117. The van der Waals surface area contributed by atoms with Gasteiger partial charge >= 0.3 is 0 Å². The quantitative estimate of drug-likeness (QED) is 0.628. The SMILES string of the molecule is CN(C)C(=O)c1cccc(NC(=O)c2cc(F)cc3[nH]c(=S)[nH]c23)c1. The van der Waals surface area contributed by atoms with E-state index in [0.29, 0.717) is 27.1 Å². The molecule has 3 N–H and O–H groups in total. The van der Waals surface area contributed by atoms with Crippen molar-refractivity contribution in [3.8, 4) is 0 Å². The molecule has 6 nitrogen and oxygen atoms in total. The Kier molecular flexibility index (Phi) is 4.37. The Morgan fingerprint density at radius 3 is 2.64 bits per heavy atom. The summed E-state index contributed by atoms with van der Waals surface area (Å²) in [6.07, 6.45) is 0. The van der Waals surface area contributed by atoms with Gasteiger partial charge in [0.05, 0.1) is 16.6 Å². The second kappa shape index (κ2) is 6.48. The number of imidazole rings is 1. The maximum absolute atomic E-state index is 13.8. The van der Waals surface area contributed by atoms with Crippen molar-refractivity contribution >= 4 is 40.8 Å². The molecule has 1 heterocycles. The summed E-state index contributed by atoms with van der Waals surface area (Å²) in [5.41, 5.74) is 1.82. The number of carbonyl (C=O) groups excluding carboxylic acids is 2. The van der Waals surface area contributed by atoms with Gasteiger partial charge < -0.3 is 20.2 Å².